The van der Waals surface area contributed by atoms with E-state index in [4.69, 9.17) is 0 Å². The molecule has 1 fully saturated rings. The Labute approximate surface area is 123 Å². The SMILES string of the molecule is CNS(=O)(=O)c1ccccc1NC1CCC(=O)N(C)C1=O. The molecule has 0 aliphatic carbocycles. The predicted octanol–water partition coefficient (Wildman–Crippen LogP) is 0.154. The third-order valence-electron chi connectivity index (χ3n) is 3.42. The molecule has 1 aromatic rings. The largest absolute Gasteiger partial charge is 0.373 e. The minimum atomic E-state index is -3.63. The van der Waals surface area contributed by atoms with E-state index in [1.165, 1.54) is 20.2 Å². The molecule has 2 rings (SSSR count). The second-order valence-corrected chi connectivity index (χ2v) is 6.59. The van der Waals surface area contributed by atoms with E-state index < -0.39 is 16.1 Å². The predicted molar refractivity (Wildman–Crippen MR) is 77.1 cm³/mol. The van der Waals surface area contributed by atoms with E-state index >= 15 is 0 Å². The number of hydrogen-bond acceptors (Lipinski definition) is 5. The summed E-state index contributed by atoms with van der Waals surface area (Å²) in [6, 6.07) is 5.72. The Morgan fingerprint density at radius 1 is 1.24 bits per heavy atom. The number of hydrogen-bond donors (Lipinski definition) is 2. The minimum absolute atomic E-state index is 0.0693. The molecule has 1 heterocycles. The molecule has 8 heteroatoms. The van der Waals surface area contributed by atoms with Crippen LogP contribution in [0.25, 0.3) is 0 Å². The topological polar surface area (TPSA) is 95.6 Å². The molecule has 1 aromatic carbocycles. The van der Waals surface area contributed by atoms with Crippen LogP contribution in [-0.2, 0) is 19.6 Å². The number of rotatable bonds is 4. The second-order valence-electron chi connectivity index (χ2n) is 4.73. The van der Waals surface area contributed by atoms with Crippen molar-refractivity contribution in [1.29, 1.82) is 0 Å². The maximum Gasteiger partial charge on any atom is 0.251 e. The van der Waals surface area contributed by atoms with Crippen molar-refractivity contribution < 1.29 is 18.0 Å². The summed E-state index contributed by atoms with van der Waals surface area (Å²) in [5.74, 6) is -0.586. The van der Waals surface area contributed by atoms with Crippen molar-refractivity contribution in [3.63, 3.8) is 0 Å². The highest BCUT2D eigenvalue weighted by atomic mass is 32.2. The van der Waals surface area contributed by atoms with Crippen LogP contribution in [0.1, 0.15) is 12.8 Å². The van der Waals surface area contributed by atoms with E-state index in [1.54, 1.807) is 18.2 Å². The molecule has 7 nitrogen and oxygen atoms in total. The number of amides is 2. The van der Waals surface area contributed by atoms with E-state index in [1.807, 2.05) is 0 Å². The van der Waals surface area contributed by atoms with Crippen LogP contribution in [-0.4, -0.2) is 45.3 Å². The van der Waals surface area contributed by atoms with Crippen molar-refractivity contribution in [2.45, 2.75) is 23.8 Å². The van der Waals surface area contributed by atoms with Gasteiger partial charge in [-0.05, 0) is 25.6 Å². The van der Waals surface area contributed by atoms with Gasteiger partial charge >= 0.3 is 0 Å². The molecule has 0 saturated carbocycles. The maximum absolute atomic E-state index is 12.0. The summed E-state index contributed by atoms with van der Waals surface area (Å²) < 4.78 is 26.2. The van der Waals surface area contributed by atoms with E-state index in [-0.39, 0.29) is 23.1 Å². The first kappa shape index (κ1) is 15.5. The van der Waals surface area contributed by atoms with Gasteiger partial charge in [0.1, 0.15) is 10.9 Å². The lowest BCUT2D eigenvalue weighted by Crippen LogP contribution is -2.48. The molecule has 0 aromatic heterocycles. The Hall–Kier alpha value is -1.93. The molecular weight excluding hydrogens is 294 g/mol. The first-order chi connectivity index (χ1) is 9.86. The van der Waals surface area contributed by atoms with Gasteiger partial charge in [0, 0.05) is 13.5 Å². The molecule has 0 spiro atoms. The van der Waals surface area contributed by atoms with Crippen LogP contribution in [0.5, 0.6) is 0 Å². The fraction of sp³-hybridized carbons (Fsp3) is 0.385. The highest BCUT2D eigenvalue weighted by Crippen LogP contribution is 2.24. The van der Waals surface area contributed by atoms with E-state index in [9.17, 15) is 18.0 Å². The van der Waals surface area contributed by atoms with E-state index in [0.717, 1.165) is 4.90 Å². The number of nitrogens with zero attached hydrogens (tertiary/aromatic N) is 1. The van der Waals surface area contributed by atoms with Crippen LogP contribution < -0.4 is 10.0 Å². The van der Waals surface area contributed by atoms with Crippen LogP contribution in [0.15, 0.2) is 29.2 Å². The maximum atomic E-state index is 12.0. The fourth-order valence-electron chi connectivity index (χ4n) is 2.17. The summed E-state index contributed by atoms with van der Waals surface area (Å²) in [4.78, 5) is 24.6. The highest BCUT2D eigenvalue weighted by Gasteiger charge is 2.32. The van der Waals surface area contributed by atoms with Gasteiger partial charge in [-0.25, -0.2) is 13.1 Å². The monoisotopic (exact) mass is 311 g/mol. The quantitative estimate of drug-likeness (QED) is 0.772. The number of nitrogens with one attached hydrogen (secondary N) is 2. The van der Waals surface area contributed by atoms with Gasteiger partial charge in [0.2, 0.25) is 15.9 Å². The van der Waals surface area contributed by atoms with Gasteiger partial charge in [0.15, 0.2) is 0 Å². The molecule has 2 amide bonds. The normalized spacial score (nSPS) is 19.7. The molecule has 0 radical (unpaired) electrons. The Kier molecular flexibility index (Phi) is 4.29. The van der Waals surface area contributed by atoms with Gasteiger partial charge < -0.3 is 5.32 Å². The molecule has 0 bridgehead atoms. The zero-order valence-corrected chi connectivity index (χ0v) is 12.6. The van der Waals surface area contributed by atoms with Crippen molar-refractivity contribution in [2.24, 2.45) is 0 Å². The van der Waals surface area contributed by atoms with Crippen molar-refractivity contribution in [2.75, 3.05) is 19.4 Å². The van der Waals surface area contributed by atoms with E-state index in [2.05, 4.69) is 10.0 Å². The Morgan fingerprint density at radius 2 is 1.90 bits per heavy atom. The Balaban J connectivity index is 2.29. The molecule has 1 unspecified atom stereocenters. The fourth-order valence-corrected chi connectivity index (χ4v) is 3.06. The number of piperidine rings is 1. The number of para-hydroxylation sites is 1. The number of anilines is 1. The number of likely N-dealkylation sites (tertiary alicyclic amines) is 1. The van der Waals surface area contributed by atoms with Gasteiger partial charge in [0.05, 0.1) is 5.69 Å². The van der Waals surface area contributed by atoms with Gasteiger partial charge in [-0.1, -0.05) is 12.1 Å². The first-order valence-electron chi connectivity index (χ1n) is 6.46. The first-order valence-corrected chi connectivity index (χ1v) is 7.94. The van der Waals surface area contributed by atoms with Crippen molar-refractivity contribution in [1.82, 2.24) is 9.62 Å². The van der Waals surface area contributed by atoms with Crippen LogP contribution in [0, 0.1) is 0 Å². The molecule has 1 atom stereocenters. The molecule has 21 heavy (non-hydrogen) atoms. The zero-order chi connectivity index (χ0) is 15.6. The lowest BCUT2D eigenvalue weighted by atomic mass is 10.0. The number of likely N-dealkylation sites (N-methyl/N-ethyl adjacent to an activating group) is 1. The number of benzene rings is 1. The van der Waals surface area contributed by atoms with Crippen molar-refractivity contribution >= 4 is 27.5 Å². The number of carbonyl (C=O) groups is 2. The summed E-state index contributed by atoms with van der Waals surface area (Å²) >= 11 is 0. The lowest BCUT2D eigenvalue weighted by Gasteiger charge is -2.29. The molecular formula is C13H17N3O4S. The Morgan fingerprint density at radius 3 is 2.57 bits per heavy atom. The molecule has 1 aliphatic rings. The van der Waals surface area contributed by atoms with Crippen LogP contribution >= 0.6 is 0 Å². The lowest BCUT2D eigenvalue weighted by molar-refractivity contribution is -0.146. The smallest absolute Gasteiger partial charge is 0.251 e. The average molecular weight is 311 g/mol. The summed E-state index contributed by atoms with van der Waals surface area (Å²) in [5.41, 5.74) is 0.341. The van der Waals surface area contributed by atoms with Gasteiger partial charge in [-0.15, -0.1) is 0 Å². The van der Waals surface area contributed by atoms with Crippen molar-refractivity contribution in [3.05, 3.63) is 24.3 Å². The zero-order valence-electron chi connectivity index (χ0n) is 11.8. The summed E-state index contributed by atoms with van der Waals surface area (Å²) in [6.07, 6.45) is 0.594. The minimum Gasteiger partial charge on any atom is -0.373 e. The summed E-state index contributed by atoms with van der Waals surface area (Å²) in [5, 5.41) is 2.93. The molecule has 1 aliphatic heterocycles. The van der Waals surface area contributed by atoms with Gasteiger partial charge in [0.25, 0.3) is 5.91 Å². The van der Waals surface area contributed by atoms with Crippen LogP contribution in [0.3, 0.4) is 0 Å². The standard InChI is InChI=1S/C13H17N3O4S/c1-14-21(19,20)11-6-4-3-5-9(11)15-10-7-8-12(17)16(2)13(10)18/h3-6,10,14-15H,7-8H2,1-2H3. The second kappa shape index (κ2) is 5.82. The molecule has 114 valence electrons. The van der Waals surface area contributed by atoms with Crippen LogP contribution in [0.2, 0.25) is 0 Å². The molecule has 1 saturated heterocycles. The van der Waals surface area contributed by atoms with Crippen molar-refractivity contribution in [3.8, 4) is 0 Å². The van der Waals surface area contributed by atoms with Gasteiger partial charge in [-0.3, -0.25) is 14.5 Å². The molecule has 2 N–H and O–H groups in total. The number of carbonyl (C=O) groups excluding carboxylic acids is 2. The third kappa shape index (κ3) is 3.06. The van der Waals surface area contributed by atoms with Gasteiger partial charge in [-0.2, -0.15) is 0 Å². The summed E-state index contributed by atoms with van der Waals surface area (Å²) in [6.45, 7) is 0. The van der Waals surface area contributed by atoms with Crippen LogP contribution in [0.4, 0.5) is 5.69 Å². The highest BCUT2D eigenvalue weighted by molar-refractivity contribution is 7.89. The number of imide groups is 1. The average Bonchev–Trinajstić information content (AvgIpc) is 2.48. The van der Waals surface area contributed by atoms with E-state index in [0.29, 0.717) is 12.1 Å². The third-order valence-corrected chi connectivity index (χ3v) is 4.90. The summed E-state index contributed by atoms with van der Waals surface area (Å²) in [7, 11) is -0.877. The Bertz CT molecular complexity index is 672. The number of sulfonamides is 1.